The molecule has 184 valence electrons. The van der Waals surface area contributed by atoms with Gasteiger partial charge in [0, 0.05) is 24.6 Å². The summed E-state index contributed by atoms with van der Waals surface area (Å²) in [7, 11) is 1.61. The minimum atomic E-state index is -0.491. The number of pyridine rings is 1. The summed E-state index contributed by atoms with van der Waals surface area (Å²) in [5.41, 5.74) is 1.72. The second-order valence-electron chi connectivity index (χ2n) is 9.41. The number of anilines is 1. The highest BCUT2D eigenvalue weighted by molar-refractivity contribution is 5.89. The van der Waals surface area contributed by atoms with E-state index in [1.165, 1.54) is 11.0 Å². The molecule has 1 N–H and O–H groups in total. The zero-order valence-electron chi connectivity index (χ0n) is 20.0. The van der Waals surface area contributed by atoms with Crippen LogP contribution in [0.3, 0.4) is 0 Å². The summed E-state index contributed by atoms with van der Waals surface area (Å²) in [4.78, 5) is 27.5. The molecule has 2 aliphatic heterocycles. The Hall–Kier alpha value is -3.39. The molecule has 1 amide bonds. The van der Waals surface area contributed by atoms with Gasteiger partial charge in [-0.25, -0.2) is 9.18 Å². The van der Waals surface area contributed by atoms with Crippen molar-refractivity contribution < 1.29 is 18.7 Å². The number of carbonyl (C=O) groups is 1. The SMILES string of the molecule is COc1ccc2ccc(=O)n(C(CC3CN(c4ccc(C)c(F)c4)C(=O)O3)C3CCNCC3)c2c1. The van der Waals surface area contributed by atoms with Crippen LogP contribution >= 0.6 is 0 Å². The summed E-state index contributed by atoms with van der Waals surface area (Å²) in [6.07, 6.45) is 1.43. The number of halogens is 1. The number of carbonyl (C=O) groups excluding carboxylic acids is 1. The second-order valence-corrected chi connectivity index (χ2v) is 9.41. The third-order valence-corrected chi connectivity index (χ3v) is 7.25. The minimum Gasteiger partial charge on any atom is -0.497 e. The number of hydrogen-bond donors (Lipinski definition) is 1. The fraction of sp³-hybridized carbons (Fsp3) is 0.407. The number of benzene rings is 2. The monoisotopic (exact) mass is 479 g/mol. The first-order valence-electron chi connectivity index (χ1n) is 12.1. The van der Waals surface area contributed by atoms with Crippen LogP contribution in [0.5, 0.6) is 5.75 Å². The number of nitrogens with one attached hydrogen (secondary N) is 1. The normalized spacial score (nSPS) is 19.7. The molecule has 8 heteroatoms. The summed E-state index contributed by atoms with van der Waals surface area (Å²) in [6, 6.07) is 13.8. The van der Waals surface area contributed by atoms with E-state index in [0.717, 1.165) is 36.8 Å². The van der Waals surface area contributed by atoms with Crippen LogP contribution in [0.1, 0.15) is 30.9 Å². The van der Waals surface area contributed by atoms with Crippen molar-refractivity contribution in [2.45, 2.75) is 38.3 Å². The van der Waals surface area contributed by atoms with E-state index >= 15 is 0 Å². The highest BCUT2D eigenvalue weighted by atomic mass is 19.1. The first kappa shape index (κ1) is 23.4. The van der Waals surface area contributed by atoms with Crippen LogP contribution in [0.25, 0.3) is 10.9 Å². The average molecular weight is 480 g/mol. The van der Waals surface area contributed by atoms with Gasteiger partial charge in [-0.05, 0) is 80.1 Å². The molecule has 2 fully saturated rings. The molecule has 35 heavy (non-hydrogen) atoms. The molecule has 2 atom stereocenters. The molecule has 5 rings (SSSR count). The quantitative estimate of drug-likeness (QED) is 0.567. The Balaban J connectivity index is 1.49. The predicted molar refractivity (Wildman–Crippen MR) is 133 cm³/mol. The molecule has 7 nitrogen and oxygen atoms in total. The van der Waals surface area contributed by atoms with Crippen LogP contribution in [-0.2, 0) is 4.74 Å². The van der Waals surface area contributed by atoms with E-state index in [9.17, 15) is 14.0 Å². The Labute approximate surface area is 203 Å². The molecule has 3 aromatic rings. The number of aryl methyl sites for hydroxylation is 1. The van der Waals surface area contributed by atoms with Gasteiger partial charge in [0.25, 0.3) is 5.56 Å². The molecule has 2 saturated heterocycles. The fourth-order valence-electron chi connectivity index (χ4n) is 5.31. The molecular formula is C27H30FN3O4. The molecule has 3 heterocycles. The highest BCUT2D eigenvalue weighted by Gasteiger charge is 2.37. The molecule has 1 aromatic heterocycles. The molecule has 0 spiro atoms. The number of aromatic nitrogens is 1. The Morgan fingerprint density at radius 2 is 1.89 bits per heavy atom. The van der Waals surface area contributed by atoms with Gasteiger partial charge in [0.05, 0.1) is 24.9 Å². The average Bonchev–Trinajstić information content (AvgIpc) is 3.24. The van der Waals surface area contributed by atoms with Gasteiger partial charge in [-0.3, -0.25) is 9.69 Å². The Morgan fingerprint density at radius 1 is 1.11 bits per heavy atom. The van der Waals surface area contributed by atoms with Crippen LogP contribution in [0, 0.1) is 18.7 Å². The van der Waals surface area contributed by atoms with Gasteiger partial charge in [0.15, 0.2) is 0 Å². The number of ether oxygens (including phenoxy) is 2. The number of hydrogen-bond acceptors (Lipinski definition) is 5. The van der Waals surface area contributed by atoms with Crippen LogP contribution in [0.15, 0.2) is 53.3 Å². The maximum Gasteiger partial charge on any atom is 0.414 e. The number of cyclic esters (lactones) is 1. The summed E-state index contributed by atoms with van der Waals surface area (Å²) < 4.78 is 27.2. The van der Waals surface area contributed by atoms with Crippen LogP contribution in [-0.4, -0.2) is 43.5 Å². The number of methoxy groups -OCH3 is 1. The van der Waals surface area contributed by atoms with E-state index in [-0.39, 0.29) is 23.3 Å². The van der Waals surface area contributed by atoms with Gasteiger partial charge >= 0.3 is 6.09 Å². The summed E-state index contributed by atoms with van der Waals surface area (Å²) in [5.74, 6) is 0.568. The fourth-order valence-corrected chi connectivity index (χ4v) is 5.31. The van der Waals surface area contributed by atoms with Gasteiger partial charge in [-0.15, -0.1) is 0 Å². The van der Waals surface area contributed by atoms with Crippen molar-refractivity contribution in [3.8, 4) is 5.75 Å². The van der Waals surface area contributed by atoms with Crippen molar-refractivity contribution in [2.24, 2.45) is 5.92 Å². The molecule has 2 aliphatic rings. The number of piperidine rings is 1. The maximum atomic E-state index is 14.2. The maximum absolute atomic E-state index is 14.2. The zero-order valence-corrected chi connectivity index (χ0v) is 20.0. The summed E-state index contributed by atoms with van der Waals surface area (Å²) in [5, 5.41) is 4.34. The molecule has 0 radical (unpaired) electrons. The zero-order chi connectivity index (χ0) is 24.5. The van der Waals surface area contributed by atoms with Crippen molar-refractivity contribution in [3.63, 3.8) is 0 Å². The molecular weight excluding hydrogens is 449 g/mol. The van der Waals surface area contributed by atoms with Gasteiger partial charge in [-0.1, -0.05) is 6.07 Å². The number of fused-ring (bicyclic) bond motifs is 1. The third-order valence-electron chi connectivity index (χ3n) is 7.25. The lowest BCUT2D eigenvalue weighted by molar-refractivity contribution is 0.112. The van der Waals surface area contributed by atoms with E-state index in [0.29, 0.717) is 30.0 Å². The number of nitrogens with zero attached hydrogens (tertiary/aromatic N) is 2. The highest BCUT2D eigenvalue weighted by Crippen LogP contribution is 2.35. The Morgan fingerprint density at radius 3 is 2.63 bits per heavy atom. The minimum absolute atomic E-state index is 0.0870. The van der Waals surface area contributed by atoms with E-state index in [1.807, 2.05) is 28.8 Å². The van der Waals surface area contributed by atoms with Crippen LogP contribution < -0.4 is 20.5 Å². The van der Waals surface area contributed by atoms with E-state index in [1.54, 1.807) is 32.2 Å². The van der Waals surface area contributed by atoms with Crippen LogP contribution in [0.4, 0.5) is 14.9 Å². The molecule has 2 unspecified atom stereocenters. The molecule has 0 saturated carbocycles. The largest absolute Gasteiger partial charge is 0.497 e. The van der Waals surface area contributed by atoms with E-state index in [2.05, 4.69) is 5.32 Å². The first-order valence-corrected chi connectivity index (χ1v) is 12.1. The van der Waals surface area contributed by atoms with Crippen molar-refractivity contribution in [1.29, 1.82) is 0 Å². The number of rotatable bonds is 6. The Kier molecular flexibility index (Phi) is 6.47. The summed E-state index contributed by atoms with van der Waals surface area (Å²) >= 11 is 0. The van der Waals surface area contributed by atoms with E-state index < -0.39 is 12.2 Å². The van der Waals surface area contributed by atoms with Crippen LogP contribution in [0.2, 0.25) is 0 Å². The lowest BCUT2D eigenvalue weighted by atomic mass is 9.86. The molecule has 2 aromatic carbocycles. The standard InChI is InChI=1S/C27H30FN3O4/c1-17-3-6-20(13-23(17)28)30-16-22(35-27(30)33)15-25(19-9-11-29-12-10-19)31-24-14-21(34-2)7-4-18(24)5-8-26(31)32/h3-8,13-14,19,22,25,29H,9-12,15-16H2,1-2H3. The number of amides is 1. The van der Waals surface area contributed by atoms with Crippen molar-refractivity contribution in [2.75, 3.05) is 31.6 Å². The smallest absolute Gasteiger partial charge is 0.414 e. The Bertz CT molecular complexity index is 1300. The van der Waals surface area contributed by atoms with Gasteiger partial charge in [0.2, 0.25) is 0 Å². The predicted octanol–water partition coefficient (Wildman–Crippen LogP) is 4.41. The lowest BCUT2D eigenvalue weighted by Gasteiger charge is -2.34. The van der Waals surface area contributed by atoms with Gasteiger partial charge in [0.1, 0.15) is 17.7 Å². The lowest BCUT2D eigenvalue weighted by Crippen LogP contribution is -2.38. The third kappa shape index (κ3) is 4.62. The van der Waals surface area contributed by atoms with Gasteiger partial charge < -0.3 is 19.4 Å². The molecule has 0 bridgehead atoms. The second kappa shape index (κ2) is 9.70. The molecule has 0 aliphatic carbocycles. The van der Waals surface area contributed by atoms with E-state index in [4.69, 9.17) is 9.47 Å². The van der Waals surface area contributed by atoms with Crippen molar-refractivity contribution in [3.05, 3.63) is 70.3 Å². The topological polar surface area (TPSA) is 72.8 Å². The summed E-state index contributed by atoms with van der Waals surface area (Å²) in [6.45, 7) is 3.75. The van der Waals surface area contributed by atoms with Crippen molar-refractivity contribution >= 4 is 22.7 Å². The first-order chi connectivity index (χ1) is 16.9. The van der Waals surface area contributed by atoms with Gasteiger partial charge in [-0.2, -0.15) is 0 Å². The van der Waals surface area contributed by atoms with Crippen molar-refractivity contribution in [1.82, 2.24) is 9.88 Å².